The number of benzene rings is 1. The van der Waals surface area contributed by atoms with E-state index in [4.69, 9.17) is 14.2 Å². The average molecular weight is 373 g/mol. The van der Waals surface area contributed by atoms with Crippen molar-refractivity contribution < 1.29 is 24.1 Å². The van der Waals surface area contributed by atoms with Gasteiger partial charge in [-0.15, -0.1) is 0 Å². The van der Waals surface area contributed by atoms with E-state index in [9.17, 15) is 14.7 Å². The number of aryl methyl sites for hydroxylation is 2. The van der Waals surface area contributed by atoms with Crippen LogP contribution in [-0.4, -0.2) is 43.1 Å². The van der Waals surface area contributed by atoms with Gasteiger partial charge < -0.3 is 23.9 Å². The lowest BCUT2D eigenvalue weighted by molar-refractivity contribution is 0.0694. The number of hydrogen-bond donors (Lipinski definition) is 1. The molecule has 0 atom stereocenters. The van der Waals surface area contributed by atoms with Crippen molar-refractivity contribution in [2.24, 2.45) is 0 Å². The number of aromatic carboxylic acids is 1. The largest absolute Gasteiger partial charge is 0.493 e. The summed E-state index contributed by atoms with van der Waals surface area (Å²) in [6, 6.07) is 5.74. The van der Waals surface area contributed by atoms with Gasteiger partial charge in [0.1, 0.15) is 11.3 Å². The highest BCUT2D eigenvalue weighted by atomic mass is 16.5. The summed E-state index contributed by atoms with van der Waals surface area (Å²) in [6.45, 7) is 1.81. The van der Waals surface area contributed by atoms with Gasteiger partial charge in [-0.2, -0.15) is 0 Å². The third-order valence-corrected chi connectivity index (χ3v) is 4.61. The number of fused-ring (bicyclic) bond motifs is 3. The van der Waals surface area contributed by atoms with E-state index in [1.165, 1.54) is 13.3 Å². The second kappa shape index (κ2) is 8.26. The molecule has 0 saturated carbocycles. The van der Waals surface area contributed by atoms with Gasteiger partial charge in [0.05, 0.1) is 19.4 Å². The van der Waals surface area contributed by atoms with E-state index in [1.807, 2.05) is 18.2 Å². The van der Waals surface area contributed by atoms with E-state index < -0.39 is 11.4 Å². The molecule has 144 valence electrons. The number of rotatable bonds is 7. The zero-order valence-electron chi connectivity index (χ0n) is 15.5. The van der Waals surface area contributed by atoms with Crippen LogP contribution in [0.3, 0.4) is 0 Å². The number of nitrogens with zero attached hydrogens (tertiary/aromatic N) is 1. The van der Waals surface area contributed by atoms with Gasteiger partial charge in [0.25, 0.3) is 0 Å². The van der Waals surface area contributed by atoms with E-state index in [2.05, 4.69) is 0 Å². The van der Waals surface area contributed by atoms with Gasteiger partial charge in [-0.05, 0) is 36.6 Å². The van der Waals surface area contributed by atoms with Crippen molar-refractivity contribution in [2.45, 2.75) is 25.8 Å². The number of carboxylic acid groups (broad SMARTS) is 1. The Morgan fingerprint density at radius 3 is 2.78 bits per heavy atom. The lowest BCUT2D eigenvalue weighted by Gasteiger charge is -2.17. The van der Waals surface area contributed by atoms with Crippen LogP contribution in [0.5, 0.6) is 11.5 Å². The first-order valence-electron chi connectivity index (χ1n) is 8.86. The molecule has 1 aliphatic rings. The van der Waals surface area contributed by atoms with Crippen LogP contribution >= 0.6 is 0 Å². The van der Waals surface area contributed by atoms with E-state index >= 15 is 0 Å². The molecule has 3 rings (SSSR count). The van der Waals surface area contributed by atoms with E-state index in [1.54, 1.807) is 11.7 Å². The summed E-state index contributed by atoms with van der Waals surface area (Å²) in [7, 11) is 3.05. The molecule has 1 N–H and O–H groups in total. The monoisotopic (exact) mass is 373 g/mol. The number of pyridine rings is 1. The van der Waals surface area contributed by atoms with Crippen LogP contribution in [0.25, 0.3) is 11.3 Å². The fourth-order valence-electron chi connectivity index (χ4n) is 3.37. The van der Waals surface area contributed by atoms with Gasteiger partial charge in [0.2, 0.25) is 5.43 Å². The zero-order valence-corrected chi connectivity index (χ0v) is 15.5. The Kier molecular flexibility index (Phi) is 5.81. The Morgan fingerprint density at radius 2 is 2.07 bits per heavy atom. The summed E-state index contributed by atoms with van der Waals surface area (Å²) in [4.78, 5) is 24.0. The van der Waals surface area contributed by atoms with Gasteiger partial charge in [0, 0.05) is 38.4 Å². The van der Waals surface area contributed by atoms with Crippen LogP contribution in [-0.2, 0) is 17.7 Å². The highest BCUT2D eigenvalue weighted by Gasteiger charge is 2.24. The minimum atomic E-state index is -1.25. The molecule has 0 bridgehead atoms. The second-order valence-corrected chi connectivity index (χ2v) is 6.37. The van der Waals surface area contributed by atoms with Crippen molar-refractivity contribution in [1.82, 2.24) is 4.57 Å². The molecule has 0 fully saturated rings. The van der Waals surface area contributed by atoms with Gasteiger partial charge in [-0.1, -0.05) is 0 Å². The number of methoxy groups -OCH3 is 2. The van der Waals surface area contributed by atoms with Gasteiger partial charge in [-0.3, -0.25) is 4.79 Å². The lowest BCUT2D eigenvalue weighted by Crippen LogP contribution is -2.21. The molecule has 2 aromatic rings. The first-order valence-corrected chi connectivity index (χ1v) is 8.86. The summed E-state index contributed by atoms with van der Waals surface area (Å²) in [6.07, 6.45) is 3.83. The molecule has 0 radical (unpaired) electrons. The fraction of sp³-hybridized carbons (Fsp3) is 0.400. The summed E-state index contributed by atoms with van der Waals surface area (Å²) < 4.78 is 17.9. The Morgan fingerprint density at radius 1 is 1.26 bits per heavy atom. The Hall–Kier alpha value is -2.80. The maximum absolute atomic E-state index is 12.5. The van der Waals surface area contributed by atoms with Crippen LogP contribution in [0, 0.1) is 0 Å². The van der Waals surface area contributed by atoms with Crippen LogP contribution < -0.4 is 14.9 Å². The molecule has 0 amide bonds. The van der Waals surface area contributed by atoms with Crippen LogP contribution in [0.1, 0.15) is 28.8 Å². The van der Waals surface area contributed by atoms with Crippen LogP contribution in [0.2, 0.25) is 0 Å². The summed E-state index contributed by atoms with van der Waals surface area (Å²) in [5, 5.41) is 9.32. The predicted octanol–water partition coefficient (Wildman–Crippen LogP) is 2.58. The van der Waals surface area contributed by atoms with Crippen molar-refractivity contribution >= 4 is 5.97 Å². The van der Waals surface area contributed by atoms with Crippen molar-refractivity contribution in [1.29, 1.82) is 0 Å². The highest BCUT2D eigenvalue weighted by molar-refractivity contribution is 5.89. The Bertz CT molecular complexity index is 902. The lowest BCUT2D eigenvalue weighted by atomic mass is 10.00. The third-order valence-electron chi connectivity index (χ3n) is 4.61. The van der Waals surface area contributed by atoms with Gasteiger partial charge in [-0.25, -0.2) is 4.79 Å². The zero-order chi connectivity index (χ0) is 19.4. The highest BCUT2D eigenvalue weighted by Crippen LogP contribution is 2.35. The molecule has 7 nitrogen and oxygen atoms in total. The average Bonchev–Trinajstić information content (AvgIpc) is 2.83. The van der Waals surface area contributed by atoms with Gasteiger partial charge >= 0.3 is 5.97 Å². The number of ether oxygens (including phenoxy) is 3. The first-order chi connectivity index (χ1) is 13.1. The standard InChI is InChI=1S/C20H23NO6/c1-25-9-4-10-27-14-6-7-15-13(11-14)5-3-8-21-12-16(20(23)24)18(22)19(26-2)17(15)21/h6-7,11-12H,3-5,8-10H2,1-2H3,(H,23,24). The maximum Gasteiger partial charge on any atom is 0.341 e. The molecule has 0 aliphatic carbocycles. The molecule has 1 aromatic carbocycles. The number of aromatic nitrogens is 1. The van der Waals surface area contributed by atoms with Crippen molar-refractivity contribution in [3.63, 3.8) is 0 Å². The molecule has 1 aromatic heterocycles. The van der Waals surface area contributed by atoms with Crippen molar-refractivity contribution in [2.75, 3.05) is 27.4 Å². The Labute approximate surface area is 157 Å². The molecule has 2 heterocycles. The molecular formula is C20H23NO6. The minimum Gasteiger partial charge on any atom is -0.493 e. The van der Waals surface area contributed by atoms with Crippen molar-refractivity contribution in [3.8, 4) is 22.8 Å². The molecular weight excluding hydrogens is 350 g/mol. The van der Waals surface area contributed by atoms with E-state index in [0.29, 0.717) is 25.5 Å². The third kappa shape index (κ3) is 3.83. The number of hydrogen-bond acceptors (Lipinski definition) is 5. The normalized spacial score (nSPS) is 12.7. The molecule has 27 heavy (non-hydrogen) atoms. The summed E-state index contributed by atoms with van der Waals surface area (Å²) in [5.74, 6) is -0.425. The predicted molar refractivity (Wildman–Crippen MR) is 100.0 cm³/mol. The molecule has 1 aliphatic heterocycles. The maximum atomic E-state index is 12.5. The van der Waals surface area contributed by atoms with E-state index in [-0.39, 0.29) is 11.3 Å². The fourth-order valence-corrected chi connectivity index (χ4v) is 3.37. The molecule has 0 unspecified atom stereocenters. The molecule has 7 heteroatoms. The smallest absolute Gasteiger partial charge is 0.341 e. The van der Waals surface area contributed by atoms with Crippen LogP contribution in [0.4, 0.5) is 0 Å². The minimum absolute atomic E-state index is 0.0619. The molecule has 0 saturated heterocycles. The first kappa shape index (κ1) is 19.0. The summed E-state index contributed by atoms with van der Waals surface area (Å²) >= 11 is 0. The van der Waals surface area contributed by atoms with Gasteiger partial charge in [0.15, 0.2) is 5.75 Å². The number of carboxylic acids is 1. The van der Waals surface area contributed by atoms with Crippen LogP contribution in [0.15, 0.2) is 29.2 Å². The number of carbonyl (C=O) groups is 1. The van der Waals surface area contributed by atoms with E-state index in [0.717, 1.165) is 36.1 Å². The second-order valence-electron chi connectivity index (χ2n) is 6.37. The summed E-state index contributed by atoms with van der Waals surface area (Å²) in [5.41, 5.74) is 1.64. The quantitative estimate of drug-likeness (QED) is 0.751. The Balaban J connectivity index is 2.04. The topological polar surface area (TPSA) is 87.0 Å². The van der Waals surface area contributed by atoms with Crippen molar-refractivity contribution in [3.05, 3.63) is 45.7 Å². The molecule has 0 spiro atoms. The SMILES string of the molecule is COCCCOc1ccc2c(c1)CCCn1cc(C(=O)O)c(=O)c(OC)c1-2.